The van der Waals surface area contributed by atoms with Gasteiger partial charge in [-0.05, 0) is 13.0 Å². The molecular weight excluding hydrogens is 308 g/mol. The van der Waals surface area contributed by atoms with Gasteiger partial charge in [-0.3, -0.25) is 0 Å². The van der Waals surface area contributed by atoms with Gasteiger partial charge in [-0.25, -0.2) is 26.9 Å². The van der Waals surface area contributed by atoms with E-state index in [0.29, 0.717) is 11.8 Å². The number of anilines is 1. The lowest BCUT2D eigenvalue weighted by Gasteiger charge is -2.08. The monoisotopic (exact) mass is 319 g/mol. The van der Waals surface area contributed by atoms with Crippen LogP contribution in [0.15, 0.2) is 22.4 Å². The highest BCUT2D eigenvalue weighted by molar-refractivity contribution is 7.89. The van der Waals surface area contributed by atoms with Crippen molar-refractivity contribution < 1.29 is 17.2 Å². The third-order valence-corrected chi connectivity index (χ3v) is 4.69. The number of benzene rings is 1. The molecule has 0 radical (unpaired) electrons. The van der Waals surface area contributed by atoms with Crippen LogP contribution < -0.4 is 10.5 Å². The molecule has 0 saturated heterocycles. The van der Waals surface area contributed by atoms with Gasteiger partial charge in [0.05, 0.1) is 22.9 Å². The van der Waals surface area contributed by atoms with Crippen molar-refractivity contribution in [1.29, 1.82) is 0 Å². The Hall–Kier alpha value is -1.58. The molecule has 0 atom stereocenters. The van der Waals surface area contributed by atoms with Crippen LogP contribution in [0.25, 0.3) is 0 Å². The van der Waals surface area contributed by atoms with E-state index in [4.69, 9.17) is 5.73 Å². The minimum absolute atomic E-state index is 0.0800. The standard InChI is InChI=1S/C11H11F2N3O2S2/c1-6-16-7(5-19-6)4-15-20(17,18)11-3-10(14)8(12)2-9(11)13/h2-3,5,15H,4,14H2,1H3. The number of nitrogens with two attached hydrogens (primary N) is 1. The Kier molecular flexibility index (Phi) is 4.02. The molecule has 20 heavy (non-hydrogen) atoms. The molecule has 9 heteroatoms. The fourth-order valence-corrected chi connectivity index (χ4v) is 3.19. The second-order valence-electron chi connectivity index (χ2n) is 3.99. The van der Waals surface area contributed by atoms with Gasteiger partial charge in [0, 0.05) is 11.4 Å². The van der Waals surface area contributed by atoms with Gasteiger partial charge in [0.25, 0.3) is 0 Å². The van der Waals surface area contributed by atoms with Crippen molar-refractivity contribution in [3.8, 4) is 0 Å². The van der Waals surface area contributed by atoms with Crippen molar-refractivity contribution in [2.75, 3.05) is 5.73 Å². The van der Waals surface area contributed by atoms with E-state index in [1.54, 1.807) is 12.3 Å². The Labute approximate surface area is 118 Å². The van der Waals surface area contributed by atoms with Crippen LogP contribution in [-0.2, 0) is 16.6 Å². The first kappa shape index (κ1) is 14.8. The SMILES string of the molecule is Cc1nc(CNS(=O)(=O)c2cc(N)c(F)cc2F)cs1. The van der Waals surface area contributed by atoms with Crippen molar-refractivity contribution in [2.24, 2.45) is 0 Å². The summed E-state index contributed by atoms with van der Waals surface area (Å²) in [4.78, 5) is 3.38. The molecule has 0 unspecified atom stereocenters. The number of aryl methyl sites for hydroxylation is 1. The lowest BCUT2D eigenvalue weighted by molar-refractivity contribution is 0.544. The summed E-state index contributed by atoms with van der Waals surface area (Å²) >= 11 is 1.37. The molecule has 0 amide bonds. The van der Waals surface area contributed by atoms with Crippen LogP contribution in [0.2, 0.25) is 0 Å². The van der Waals surface area contributed by atoms with Gasteiger partial charge in [0.2, 0.25) is 10.0 Å². The normalized spacial score (nSPS) is 11.8. The zero-order valence-electron chi connectivity index (χ0n) is 10.4. The molecule has 1 heterocycles. The molecule has 1 aromatic carbocycles. The Balaban J connectivity index is 2.24. The van der Waals surface area contributed by atoms with E-state index in [2.05, 4.69) is 9.71 Å². The number of nitrogens with zero attached hydrogens (tertiary/aromatic N) is 1. The van der Waals surface area contributed by atoms with E-state index in [1.165, 1.54) is 11.3 Å². The average molecular weight is 319 g/mol. The Morgan fingerprint density at radius 1 is 1.35 bits per heavy atom. The molecule has 2 rings (SSSR count). The molecule has 3 N–H and O–H groups in total. The molecule has 0 aliphatic carbocycles. The number of sulfonamides is 1. The third kappa shape index (κ3) is 3.11. The number of thiazole rings is 1. The topological polar surface area (TPSA) is 85.1 Å². The average Bonchev–Trinajstić information content (AvgIpc) is 2.77. The molecule has 108 valence electrons. The lowest BCUT2D eigenvalue weighted by atomic mass is 10.3. The summed E-state index contributed by atoms with van der Waals surface area (Å²) in [6.07, 6.45) is 0. The zero-order valence-corrected chi connectivity index (χ0v) is 12.0. The summed E-state index contributed by atoms with van der Waals surface area (Å²) in [6.45, 7) is 1.70. The lowest BCUT2D eigenvalue weighted by Crippen LogP contribution is -2.24. The summed E-state index contributed by atoms with van der Waals surface area (Å²) in [5.74, 6) is -2.20. The molecular formula is C11H11F2N3O2S2. The van der Waals surface area contributed by atoms with Gasteiger partial charge < -0.3 is 5.73 Å². The summed E-state index contributed by atoms with van der Waals surface area (Å²) in [6, 6.07) is 1.19. The molecule has 0 bridgehead atoms. The molecule has 2 aromatic rings. The van der Waals surface area contributed by atoms with Crippen LogP contribution >= 0.6 is 11.3 Å². The number of rotatable bonds is 4. The van der Waals surface area contributed by atoms with Crippen LogP contribution in [0.1, 0.15) is 10.7 Å². The fraction of sp³-hybridized carbons (Fsp3) is 0.182. The van der Waals surface area contributed by atoms with Crippen molar-refractivity contribution >= 4 is 27.0 Å². The van der Waals surface area contributed by atoms with E-state index in [0.717, 1.165) is 11.1 Å². The maximum Gasteiger partial charge on any atom is 0.243 e. The number of halogens is 2. The first-order valence-corrected chi connectivity index (χ1v) is 7.81. The number of nitrogen functional groups attached to an aromatic ring is 1. The van der Waals surface area contributed by atoms with Gasteiger partial charge in [-0.1, -0.05) is 0 Å². The first-order chi connectivity index (χ1) is 9.29. The highest BCUT2D eigenvalue weighted by atomic mass is 32.2. The van der Waals surface area contributed by atoms with Crippen LogP contribution in [0.3, 0.4) is 0 Å². The number of nitrogens with one attached hydrogen (secondary N) is 1. The Morgan fingerprint density at radius 3 is 2.65 bits per heavy atom. The van der Waals surface area contributed by atoms with Crippen molar-refractivity contribution in [3.63, 3.8) is 0 Å². The van der Waals surface area contributed by atoms with Crippen molar-refractivity contribution in [3.05, 3.63) is 39.8 Å². The summed E-state index contributed by atoms with van der Waals surface area (Å²) < 4.78 is 52.6. The van der Waals surface area contributed by atoms with E-state index >= 15 is 0 Å². The van der Waals surface area contributed by atoms with E-state index in [1.807, 2.05) is 0 Å². The fourth-order valence-electron chi connectivity index (χ4n) is 1.49. The quantitative estimate of drug-likeness (QED) is 0.841. The van der Waals surface area contributed by atoms with E-state index < -0.39 is 32.2 Å². The van der Waals surface area contributed by atoms with Gasteiger partial charge in [-0.15, -0.1) is 11.3 Å². The van der Waals surface area contributed by atoms with E-state index in [9.17, 15) is 17.2 Å². The smallest absolute Gasteiger partial charge is 0.243 e. The third-order valence-electron chi connectivity index (χ3n) is 2.45. The largest absolute Gasteiger partial charge is 0.396 e. The molecule has 0 aliphatic rings. The van der Waals surface area contributed by atoms with Gasteiger partial charge in [0.15, 0.2) is 0 Å². The minimum atomic E-state index is -4.13. The molecule has 1 aromatic heterocycles. The number of hydrogen-bond donors (Lipinski definition) is 2. The Morgan fingerprint density at radius 2 is 2.05 bits per heavy atom. The Bertz CT molecular complexity index is 744. The summed E-state index contributed by atoms with van der Waals surface area (Å²) in [5, 5.41) is 2.48. The van der Waals surface area contributed by atoms with Crippen LogP contribution in [0.4, 0.5) is 14.5 Å². The predicted octanol–water partition coefficient (Wildman–Crippen LogP) is 1.79. The second kappa shape index (κ2) is 5.43. The highest BCUT2D eigenvalue weighted by Gasteiger charge is 2.21. The van der Waals surface area contributed by atoms with Crippen LogP contribution in [0.5, 0.6) is 0 Å². The second-order valence-corrected chi connectivity index (χ2v) is 6.78. The van der Waals surface area contributed by atoms with Crippen LogP contribution in [0, 0.1) is 18.6 Å². The molecule has 0 aliphatic heterocycles. The maximum absolute atomic E-state index is 13.5. The van der Waals surface area contributed by atoms with Gasteiger partial charge in [-0.2, -0.15) is 0 Å². The minimum Gasteiger partial charge on any atom is -0.396 e. The number of aromatic nitrogens is 1. The first-order valence-electron chi connectivity index (χ1n) is 5.45. The molecule has 0 fully saturated rings. The van der Waals surface area contributed by atoms with Gasteiger partial charge in [0.1, 0.15) is 16.5 Å². The zero-order chi connectivity index (χ0) is 14.9. The van der Waals surface area contributed by atoms with Crippen molar-refractivity contribution in [1.82, 2.24) is 9.71 Å². The van der Waals surface area contributed by atoms with E-state index in [-0.39, 0.29) is 6.54 Å². The van der Waals surface area contributed by atoms with Crippen LogP contribution in [-0.4, -0.2) is 13.4 Å². The highest BCUT2D eigenvalue weighted by Crippen LogP contribution is 2.21. The van der Waals surface area contributed by atoms with Crippen molar-refractivity contribution in [2.45, 2.75) is 18.4 Å². The molecule has 5 nitrogen and oxygen atoms in total. The maximum atomic E-state index is 13.5. The molecule has 0 spiro atoms. The predicted molar refractivity (Wildman–Crippen MR) is 71.6 cm³/mol. The van der Waals surface area contributed by atoms with Gasteiger partial charge >= 0.3 is 0 Å². The summed E-state index contributed by atoms with van der Waals surface area (Å²) in [5.41, 5.74) is 5.34. The number of hydrogen-bond acceptors (Lipinski definition) is 5. The summed E-state index contributed by atoms with van der Waals surface area (Å²) in [7, 11) is -4.13. The molecule has 0 saturated carbocycles.